The Balaban J connectivity index is 1.62. The van der Waals surface area contributed by atoms with Gasteiger partial charge in [-0.3, -0.25) is 0 Å². The van der Waals surface area contributed by atoms with Crippen molar-refractivity contribution < 1.29 is 9.13 Å². The van der Waals surface area contributed by atoms with Gasteiger partial charge in [0.25, 0.3) is 13.1 Å². The highest BCUT2D eigenvalue weighted by molar-refractivity contribution is 5.67. The van der Waals surface area contributed by atoms with Gasteiger partial charge in [0.15, 0.2) is 0 Å². The van der Waals surface area contributed by atoms with Crippen LogP contribution in [-0.4, -0.2) is 30.5 Å². The van der Waals surface area contributed by atoms with Gasteiger partial charge in [-0.05, 0) is 61.6 Å². The molecule has 0 spiro atoms. The third-order valence-corrected chi connectivity index (χ3v) is 6.08. The summed E-state index contributed by atoms with van der Waals surface area (Å²) in [4.78, 5) is 4.08. The summed E-state index contributed by atoms with van der Waals surface area (Å²) in [6, 6.07) is 19.2. The number of hydrogen-bond acceptors (Lipinski definition) is 4. The van der Waals surface area contributed by atoms with Crippen LogP contribution in [0.1, 0.15) is 31.2 Å². The monoisotopic (exact) mass is 444 g/mol. The van der Waals surface area contributed by atoms with Gasteiger partial charge in [0.2, 0.25) is 0 Å². The van der Waals surface area contributed by atoms with Gasteiger partial charge >= 0.3 is 0 Å². The van der Waals surface area contributed by atoms with E-state index >= 15 is 0 Å². The van der Waals surface area contributed by atoms with E-state index in [2.05, 4.69) is 16.2 Å². The Morgan fingerprint density at radius 2 is 2.03 bits per heavy atom. The molecule has 0 bridgehead atoms. The molecule has 1 saturated carbocycles. The van der Waals surface area contributed by atoms with Crippen molar-refractivity contribution in [3.8, 4) is 34.8 Å². The summed E-state index contributed by atoms with van der Waals surface area (Å²) in [7, 11) is 3.40. The van der Waals surface area contributed by atoms with E-state index in [1.165, 1.54) is 25.0 Å². The van der Waals surface area contributed by atoms with Crippen LogP contribution in [0.2, 0.25) is 0 Å². The summed E-state index contributed by atoms with van der Waals surface area (Å²) in [5, 5.41) is 17.3. The number of nitrogens with zero attached hydrogens (tertiary/aromatic N) is 4. The first-order chi connectivity index (χ1) is 16.1. The molecule has 6 nitrogen and oxygen atoms in total. The van der Waals surface area contributed by atoms with E-state index in [9.17, 15) is 4.39 Å². The van der Waals surface area contributed by atoms with Gasteiger partial charge < -0.3 is 10.1 Å². The number of rotatable bonds is 6. The molecule has 2 atom stereocenters. The maximum atomic E-state index is 14.4. The third-order valence-electron chi connectivity index (χ3n) is 6.08. The SMILES string of the molecule is C[N+]#CC1CCCC(CNc2cc(-c3ccc(C#N)c(F)c3)n(-c3ccc(OC)cc3)n2)C1. The Morgan fingerprint density at radius 3 is 2.73 bits per heavy atom. The molecule has 168 valence electrons. The topological polar surface area (TPSA) is 67.2 Å². The molecule has 0 radical (unpaired) electrons. The van der Waals surface area contributed by atoms with Crippen molar-refractivity contribution >= 4 is 5.82 Å². The zero-order chi connectivity index (χ0) is 23.2. The fraction of sp³-hybridized carbons (Fsp3) is 0.346. The fourth-order valence-electron chi connectivity index (χ4n) is 4.38. The molecule has 33 heavy (non-hydrogen) atoms. The molecule has 0 aliphatic heterocycles. The molecular weight excluding hydrogens is 417 g/mol. The maximum absolute atomic E-state index is 14.4. The van der Waals surface area contributed by atoms with Crippen LogP contribution in [0.3, 0.4) is 0 Å². The lowest BCUT2D eigenvalue weighted by Crippen LogP contribution is -2.21. The van der Waals surface area contributed by atoms with Gasteiger partial charge in [0.05, 0.1) is 30.0 Å². The minimum atomic E-state index is -0.547. The molecule has 2 unspecified atom stereocenters. The summed E-state index contributed by atoms with van der Waals surface area (Å²) in [6.07, 6.45) is 4.56. The van der Waals surface area contributed by atoms with Crippen LogP contribution >= 0.6 is 0 Å². The van der Waals surface area contributed by atoms with Crippen LogP contribution in [0.25, 0.3) is 21.8 Å². The van der Waals surface area contributed by atoms with Crippen molar-refractivity contribution in [1.82, 2.24) is 9.78 Å². The zero-order valence-corrected chi connectivity index (χ0v) is 18.9. The minimum absolute atomic E-state index is 0.0203. The summed E-state index contributed by atoms with van der Waals surface area (Å²) in [5.74, 6) is 1.87. The van der Waals surface area contributed by atoms with Crippen molar-refractivity contribution in [2.24, 2.45) is 11.8 Å². The predicted octanol–water partition coefficient (Wildman–Crippen LogP) is 5.74. The van der Waals surface area contributed by atoms with Crippen molar-refractivity contribution in [3.63, 3.8) is 0 Å². The Labute approximate surface area is 193 Å². The first kappa shape index (κ1) is 22.4. The van der Waals surface area contributed by atoms with Gasteiger partial charge in [0.1, 0.15) is 23.5 Å². The van der Waals surface area contributed by atoms with Gasteiger partial charge in [-0.15, -0.1) is 5.10 Å². The van der Waals surface area contributed by atoms with E-state index in [0.29, 0.717) is 17.4 Å². The largest absolute Gasteiger partial charge is 0.497 e. The Bertz CT molecular complexity index is 1220. The number of hydrogen-bond donors (Lipinski definition) is 1. The van der Waals surface area contributed by atoms with E-state index < -0.39 is 5.82 Å². The van der Waals surface area contributed by atoms with Gasteiger partial charge in [-0.25, -0.2) is 9.07 Å². The Hall–Kier alpha value is -3.84. The molecule has 0 saturated heterocycles. The van der Waals surface area contributed by atoms with Crippen LogP contribution in [0.4, 0.5) is 10.2 Å². The molecule has 4 rings (SSSR count). The number of ether oxygens (including phenoxy) is 1. The maximum Gasteiger partial charge on any atom is 0.275 e. The quantitative estimate of drug-likeness (QED) is 0.526. The smallest absolute Gasteiger partial charge is 0.275 e. The van der Waals surface area contributed by atoms with Crippen molar-refractivity contribution in [2.45, 2.75) is 25.7 Å². The molecule has 1 heterocycles. The van der Waals surface area contributed by atoms with E-state index in [0.717, 1.165) is 42.3 Å². The molecule has 1 aliphatic carbocycles. The van der Waals surface area contributed by atoms with Crippen LogP contribution < -0.4 is 10.1 Å². The minimum Gasteiger partial charge on any atom is -0.497 e. The second-order valence-corrected chi connectivity index (χ2v) is 8.29. The fourth-order valence-corrected chi connectivity index (χ4v) is 4.38. The van der Waals surface area contributed by atoms with Gasteiger partial charge in [-0.2, -0.15) is 5.26 Å². The molecule has 1 fully saturated rings. The lowest BCUT2D eigenvalue weighted by molar-refractivity contribution is 0.323. The molecule has 0 amide bonds. The number of anilines is 1. The Morgan fingerprint density at radius 1 is 1.21 bits per heavy atom. The molecule has 3 aromatic rings. The summed E-state index contributed by atoms with van der Waals surface area (Å²) >= 11 is 0. The standard InChI is InChI=1S/C26H27FN5O/c1-29-16-18-4-3-5-19(12-18)17-30-26-14-25(20-6-7-21(15-28)24(27)13-20)32(31-26)22-8-10-23(33-2)11-9-22/h6-11,13-14,18-19H,3-5,12,17H2,1-2H3,(H,30,31)/q+1. The van der Waals surface area contributed by atoms with Crippen LogP contribution in [0.15, 0.2) is 48.5 Å². The zero-order valence-electron chi connectivity index (χ0n) is 18.9. The third kappa shape index (κ3) is 5.15. The highest BCUT2D eigenvalue weighted by Gasteiger charge is 2.24. The molecule has 1 aromatic heterocycles. The summed E-state index contributed by atoms with van der Waals surface area (Å²) in [6.45, 7) is 0.808. The Kier molecular flexibility index (Phi) is 6.90. The lowest BCUT2D eigenvalue weighted by atomic mass is 9.82. The lowest BCUT2D eigenvalue weighted by Gasteiger charge is -2.23. The van der Waals surface area contributed by atoms with Gasteiger partial charge in [0, 0.05) is 18.2 Å². The number of methoxy groups -OCH3 is 1. The predicted molar refractivity (Wildman–Crippen MR) is 127 cm³/mol. The van der Waals surface area contributed by atoms with Crippen LogP contribution in [0.5, 0.6) is 5.75 Å². The van der Waals surface area contributed by atoms with Gasteiger partial charge in [-0.1, -0.05) is 17.3 Å². The van der Waals surface area contributed by atoms with Crippen LogP contribution in [0, 0.1) is 35.1 Å². The second-order valence-electron chi connectivity index (χ2n) is 8.29. The van der Waals surface area contributed by atoms with Crippen molar-refractivity contribution in [2.75, 3.05) is 26.0 Å². The molecule has 1 aliphatic rings. The van der Waals surface area contributed by atoms with E-state index in [4.69, 9.17) is 15.1 Å². The molecule has 1 N–H and O–H groups in total. The highest BCUT2D eigenvalue weighted by Crippen LogP contribution is 2.31. The highest BCUT2D eigenvalue weighted by atomic mass is 19.1. The van der Waals surface area contributed by atoms with Crippen LogP contribution in [-0.2, 0) is 0 Å². The number of aromatic nitrogens is 2. The normalized spacial score (nSPS) is 17.5. The summed E-state index contributed by atoms with van der Waals surface area (Å²) < 4.78 is 21.4. The first-order valence-corrected chi connectivity index (χ1v) is 11.1. The second kappa shape index (κ2) is 10.2. The first-order valence-electron chi connectivity index (χ1n) is 11.1. The average molecular weight is 445 g/mol. The van der Waals surface area contributed by atoms with E-state index in [1.807, 2.05) is 36.4 Å². The van der Waals surface area contributed by atoms with Crippen molar-refractivity contribution in [1.29, 1.82) is 5.26 Å². The molecular formula is C26H27FN5O+. The number of nitrogens with one attached hydrogen (secondary N) is 1. The number of halogens is 1. The van der Waals surface area contributed by atoms with E-state index in [-0.39, 0.29) is 5.56 Å². The van der Waals surface area contributed by atoms with Crippen molar-refractivity contribution in [3.05, 3.63) is 64.8 Å². The average Bonchev–Trinajstić information content (AvgIpc) is 3.27. The molecule has 2 aromatic carbocycles. The summed E-state index contributed by atoms with van der Waals surface area (Å²) in [5.41, 5.74) is 2.23. The number of nitriles is 1. The number of benzene rings is 2. The molecule has 7 heteroatoms. The van der Waals surface area contributed by atoms with E-state index in [1.54, 1.807) is 24.9 Å².